The van der Waals surface area contributed by atoms with Gasteiger partial charge in [-0.15, -0.1) is 15.3 Å². The SMILES string of the molecule is Cn1cc(CC2CCN(c3ccc4nnc(-c5ccccc5F)n4n3)C2)cn1. The molecule has 1 unspecified atom stereocenters. The van der Waals surface area contributed by atoms with Gasteiger partial charge in [0.2, 0.25) is 0 Å². The molecule has 4 heterocycles. The van der Waals surface area contributed by atoms with Gasteiger partial charge in [-0.25, -0.2) is 4.39 Å². The number of hydrogen-bond acceptors (Lipinski definition) is 5. The van der Waals surface area contributed by atoms with E-state index in [2.05, 4.69) is 26.4 Å². The molecule has 7 nitrogen and oxygen atoms in total. The summed E-state index contributed by atoms with van der Waals surface area (Å²) in [7, 11) is 1.94. The summed E-state index contributed by atoms with van der Waals surface area (Å²) in [5.41, 5.74) is 2.27. The van der Waals surface area contributed by atoms with Crippen molar-refractivity contribution in [1.29, 1.82) is 0 Å². The maximum Gasteiger partial charge on any atom is 0.188 e. The molecule has 0 aliphatic carbocycles. The Morgan fingerprint density at radius 3 is 2.86 bits per heavy atom. The quantitative estimate of drug-likeness (QED) is 0.547. The van der Waals surface area contributed by atoms with Crippen LogP contribution in [0.5, 0.6) is 0 Å². The van der Waals surface area contributed by atoms with Crippen LogP contribution in [0.25, 0.3) is 17.0 Å². The number of benzene rings is 1. The van der Waals surface area contributed by atoms with E-state index in [1.165, 1.54) is 11.6 Å². The van der Waals surface area contributed by atoms with E-state index >= 15 is 0 Å². The highest BCUT2D eigenvalue weighted by Gasteiger charge is 2.25. The molecular formula is C20H20FN7. The highest BCUT2D eigenvalue weighted by Crippen LogP contribution is 2.26. The second kappa shape index (κ2) is 6.70. The van der Waals surface area contributed by atoms with Gasteiger partial charge in [0.15, 0.2) is 11.5 Å². The monoisotopic (exact) mass is 377 g/mol. The second-order valence-corrected chi connectivity index (χ2v) is 7.29. The number of anilines is 1. The Morgan fingerprint density at radius 1 is 1.14 bits per heavy atom. The van der Waals surface area contributed by atoms with Crippen molar-refractivity contribution in [3.8, 4) is 11.4 Å². The molecule has 5 rings (SSSR count). The van der Waals surface area contributed by atoms with Crippen molar-refractivity contribution in [2.24, 2.45) is 13.0 Å². The Hall–Kier alpha value is -3.29. The molecule has 1 aliphatic rings. The highest BCUT2D eigenvalue weighted by atomic mass is 19.1. The molecule has 8 heteroatoms. The summed E-state index contributed by atoms with van der Waals surface area (Å²) >= 11 is 0. The molecule has 0 N–H and O–H groups in total. The molecule has 3 aromatic heterocycles. The summed E-state index contributed by atoms with van der Waals surface area (Å²) in [6.07, 6.45) is 6.13. The van der Waals surface area contributed by atoms with Crippen molar-refractivity contribution < 1.29 is 4.39 Å². The normalized spacial score (nSPS) is 16.9. The first-order chi connectivity index (χ1) is 13.7. The molecule has 0 radical (unpaired) electrons. The number of aryl methyl sites for hydroxylation is 1. The minimum absolute atomic E-state index is 0.332. The number of halogens is 1. The van der Waals surface area contributed by atoms with Crippen LogP contribution in [0.15, 0.2) is 48.8 Å². The molecule has 0 amide bonds. The molecular weight excluding hydrogens is 357 g/mol. The Morgan fingerprint density at radius 2 is 2.04 bits per heavy atom. The first-order valence-electron chi connectivity index (χ1n) is 9.37. The van der Waals surface area contributed by atoms with Crippen LogP contribution in [-0.2, 0) is 13.5 Å². The summed E-state index contributed by atoms with van der Waals surface area (Å²) in [4.78, 5) is 2.27. The van der Waals surface area contributed by atoms with Gasteiger partial charge in [0.25, 0.3) is 0 Å². The number of aromatic nitrogens is 6. The molecule has 28 heavy (non-hydrogen) atoms. The third-order valence-electron chi connectivity index (χ3n) is 5.26. The Kier molecular flexibility index (Phi) is 4.03. The maximum absolute atomic E-state index is 14.2. The van der Waals surface area contributed by atoms with Crippen LogP contribution in [0, 0.1) is 11.7 Å². The van der Waals surface area contributed by atoms with Gasteiger partial charge in [-0.05, 0) is 48.6 Å². The van der Waals surface area contributed by atoms with E-state index in [1.54, 1.807) is 22.7 Å². The van der Waals surface area contributed by atoms with Gasteiger partial charge in [0.05, 0.1) is 11.8 Å². The molecule has 1 atom stereocenters. The predicted octanol–water partition coefficient (Wildman–Crippen LogP) is 2.73. The number of hydrogen-bond donors (Lipinski definition) is 0. The van der Waals surface area contributed by atoms with Crippen LogP contribution in [-0.4, -0.2) is 42.7 Å². The van der Waals surface area contributed by atoms with Gasteiger partial charge in [-0.2, -0.15) is 9.61 Å². The number of nitrogens with zero attached hydrogens (tertiary/aromatic N) is 7. The van der Waals surface area contributed by atoms with Crippen molar-refractivity contribution in [2.45, 2.75) is 12.8 Å². The van der Waals surface area contributed by atoms with Crippen LogP contribution in [0.2, 0.25) is 0 Å². The summed E-state index contributed by atoms with van der Waals surface area (Å²) in [5, 5.41) is 17.3. The molecule has 1 aromatic carbocycles. The molecule has 142 valence electrons. The lowest BCUT2D eigenvalue weighted by Crippen LogP contribution is -2.22. The first-order valence-corrected chi connectivity index (χ1v) is 9.37. The Labute approximate surface area is 161 Å². The smallest absolute Gasteiger partial charge is 0.188 e. The summed E-state index contributed by atoms with van der Waals surface area (Å²) in [5.74, 6) is 1.51. The molecule has 0 bridgehead atoms. The van der Waals surface area contributed by atoms with Crippen LogP contribution >= 0.6 is 0 Å². The zero-order valence-corrected chi connectivity index (χ0v) is 15.5. The van der Waals surface area contributed by atoms with Gasteiger partial charge in [-0.3, -0.25) is 4.68 Å². The van der Waals surface area contributed by atoms with Crippen LogP contribution in [0.1, 0.15) is 12.0 Å². The number of rotatable bonds is 4. The Balaban J connectivity index is 1.41. The largest absolute Gasteiger partial charge is 0.355 e. The molecule has 1 aliphatic heterocycles. The topological polar surface area (TPSA) is 64.1 Å². The van der Waals surface area contributed by atoms with Gasteiger partial charge >= 0.3 is 0 Å². The first kappa shape index (κ1) is 16.9. The Bertz CT molecular complexity index is 1130. The summed E-state index contributed by atoms with van der Waals surface area (Å²) in [6.45, 7) is 1.88. The summed E-state index contributed by atoms with van der Waals surface area (Å²) in [6, 6.07) is 10.4. The van der Waals surface area contributed by atoms with E-state index in [1.807, 2.05) is 30.1 Å². The minimum Gasteiger partial charge on any atom is -0.355 e. The lowest BCUT2D eigenvalue weighted by molar-refractivity contribution is 0.585. The molecule has 1 saturated heterocycles. The molecule has 0 saturated carbocycles. The maximum atomic E-state index is 14.2. The lowest BCUT2D eigenvalue weighted by atomic mass is 10.0. The van der Waals surface area contributed by atoms with E-state index < -0.39 is 0 Å². The van der Waals surface area contributed by atoms with E-state index in [4.69, 9.17) is 5.10 Å². The van der Waals surface area contributed by atoms with E-state index in [-0.39, 0.29) is 5.82 Å². The third-order valence-corrected chi connectivity index (χ3v) is 5.26. The van der Waals surface area contributed by atoms with Crippen LogP contribution in [0.4, 0.5) is 10.2 Å². The van der Waals surface area contributed by atoms with Crippen molar-refractivity contribution in [3.05, 3.63) is 60.2 Å². The fourth-order valence-corrected chi connectivity index (χ4v) is 3.88. The van der Waals surface area contributed by atoms with E-state index in [0.717, 1.165) is 31.7 Å². The van der Waals surface area contributed by atoms with Gasteiger partial charge in [0, 0.05) is 26.3 Å². The average molecular weight is 377 g/mol. The van der Waals surface area contributed by atoms with Gasteiger partial charge in [-0.1, -0.05) is 12.1 Å². The van der Waals surface area contributed by atoms with Crippen molar-refractivity contribution in [3.63, 3.8) is 0 Å². The highest BCUT2D eigenvalue weighted by molar-refractivity contribution is 5.60. The molecule has 0 spiro atoms. The van der Waals surface area contributed by atoms with Crippen LogP contribution < -0.4 is 4.90 Å². The van der Waals surface area contributed by atoms with Gasteiger partial charge in [0.1, 0.15) is 11.6 Å². The van der Waals surface area contributed by atoms with E-state index in [0.29, 0.717) is 23.0 Å². The summed E-state index contributed by atoms with van der Waals surface area (Å²) < 4.78 is 17.7. The standard InChI is InChI=1S/C20H20FN7/c1-26-12-15(11-22-26)10-14-8-9-27(13-14)19-7-6-18-23-24-20(28(18)25-19)16-4-2-3-5-17(16)21/h2-7,11-12,14H,8-10,13H2,1H3. The van der Waals surface area contributed by atoms with Crippen molar-refractivity contribution >= 4 is 11.5 Å². The third kappa shape index (κ3) is 3.00. The van der Waals surface area contributed by atoms with Crippen molar-refractivity contribution in [1.82, 2.24) is 29.6 Å². The average Bonchev–Trinajstić information content (AvgIpc) is 3.42. The van der Waals surface area contributed by atoms with Gasteiger partial charge < -0.3 is 4.90 Å². The zero-order valence-electron chi connectivity index (χ0n) is 15.5. The minimum atomic E-state index is -0.332. The van der Waals surface area contributed by atoms with Crippen LogP contribution in [0.3, 0.4) is 0 Å². The van der Waals surface area contributed by atoms with E-state index in [9.17, 15) is 4.39 Å². The van der Waals surface area contributed by atoms with Crippen molar-refractivity contribution in [2.75, 3.05) is 18.0 Å². The fourth-order valence-electron chi connectivity index (χ4n) is 3.88. The number of fused-ring (bicyclic) bond motifs is 1. The predicted molar refractivity (Wildman–Crippen MR) is 103 cm³/mol. The molecule has 4 aromatic rings. The second-order valence-electron chi connectivity index (χ2n) is 7.29. The molecule has 1 fully saturated rings. The lowest BCUT2D eigenvalue weighted by Gasteiger charge is -2.17. The zero-order chi connectivity index (χ0) is 19.1. The fraction of sp³-hybridized carbons (Fsp3) is 0.300.